The fourth-order valence-electron chi connectivity index (χ4n) is 1.02. The van der Waals surface area contributed by atoms with Gasteiger partial charge in [0.1, 0.15) is 11.1 Å². The summed E-state index contributed by atoms with van der Waals surface area (Å²) in [6.45, 7) is 3.08. The Morgan fingerprint density at radius 1 is 1.17 bits per heavy atom. The minimum atomic E-state index is -1.80. The Labute approximate surface area is 70.2 Å². The molecule has 0 aliphatic carbocycles. The van der Waals surface area contributed by atoms with Gasteiger partial charge in [-0.2, -0.15) is 0 Å². The number of carbonyl (C=O) groups is 1. The summed E-state index contributed by atoms with van der Waals surface area (Å²) in [4.78, 5) is 11.2. The monoisotopic (exact) mass is 174 g/mol. The molecular formula is C6H14N4O2. The van der Waals surface area contributed by atoms with Gasteiger partial charge >= 0.3 is 5.97 Å². The summed E-state index contributed by atoms with van der Waals surface area (Å²) in [5.74, 6) is -2.38. The molecule has 0 saturated carbocycles. The molecule has 0 aromatic heterocycles. The van der Waals surface area contributed by atoms with Crippen LogP contribution in [0, 0.1) is 5.41 Å². The van der Waals surface area contributed by atoms with Crippen molar-refractivity contribution in [1.82, 2.24) is 0 Å². The summed E-state index contributed by atoms with van der Waals surface area (Å²) in [5, 5.41) is 0. The van der Waals surface area contributed by atoms with E-state index >= 15 is 0 Å². The maximum absolute atomic E-state index is 11.2. The lowest BCUT2D eigenvalue weighted by Gasteiger charge is -2.36. The maximum Gasteiger partial charge on any atom is 0.317 e. The molecule has 1 heterocycles. The molecular weight excluding hydrogens is 160 g/mol. The molecule has 1 aliphatic heterocycles. The first-order valence-corrected chi connectivity index (χ1v) is 3.52. The molecule has 0 amide bonds. The quantitative estimate of drug-likeness (QED) is 0.242. The SMILES string of the molecule is CC1(C)C(=O)OC(N)(N)C1(N)N. The fraction of sp³-hybridized carbons (Fsp3) is 0.833. The second-order valence-electron chi connectivity index (χ2n) is 3.68. The molecule has 1 rings (SSSR count). The van der Waals surface area contributed by atoms with Crippen LogP contribution in [0.1, 0.15) is 13.8 Å². The van der Waals surface area contributed by atoms with Gasteiger partial charge in [-0.05, 0) is 13.8 Å². The van der Waals surface area contributed by atoms with Gasteiger partial charge < -0.3 is 16.2 Å². The predicted octanol–water partition coefficient (Wildman–Crippen LogP) is -2.25. The first-order chi connectivity index (χ1) is 5.13. The number of rotatable bonds is 0. The summed E-state index contributed by atoms with van der Waals surface area (Å²) in [7, 11) is 0. The summed E-state index contributed by atoms with van der Waals surface area (Å²) >= 11 is 0. The molecule has 1 fully saturated rings. The van der Waals surface area contributed by atoms with Crippen molar-refractivity contribution in [3.63, 3.8) is 0 Å². The summed E-state index contributed by atoms with van der Waals surface area (Å²) < 4.78 is 4.65. The number of nitrogens with two attached hydrogens (primary N) is 4. The number of esters is 1. The van der Waals surface area contributed by atoms with E-state index in [2.05, 4.69) is 4.74 Å². The Bertz CT molecular complexity index is 234. The van der Waals surface area contributed by atoms with Crippen molar-refractivity contribution in [3.8, 4) is 0 Å². The van der Waals surface area contributed by atoms with E-state index in [4.69, 9.17) is 22.9 Å². The lowest BCUT2D eigenvalue weighted by molar-refractivity contribution is -0.152. The van der Waals surface area contributed by atoms with Crippen molar-refractivity contribution in [2.24, 2.45) is 28.3 Å². The Kier molecular flexibility index (Phi) is 1.54. The molecule has 8 N–H and O–H groups in total. The average molecular weight is 174 g/mol. The summed E-state index contributed by atoms with van der Waals surface area (Å²) in [6.07, 6.45) is 0. The van der Waals surface area contributed by atoms with Crippen molar-refractivity contribution < 1.29 is 9.53 Å². The molecule has 0 aromatic carbocycles. The molecule has 0 atom stereocenters. The van der Waals surface area contributed by atoms with Gasteiger partial charge in [-0.15, -0.1) is 0 Å². The standard InChI is InChI=1S/C6H14N4O2/c1-4(2)3(11)12-6(9,10)5(4,7)8/h7-10H2,1-2H3. The third kappa shape index (κ3) is 0.802. The topological polar surface area (TPSA) is 130 Å². The van der Waals surface area contributed by atoms with E-state index < -0.39 is 22.9 Å². The molecule has 0 unspecified atom stereocenters. The molecule has 0 spiro atoms. The van der Waals surface area contributed by atoms with Crippen LogP contribution in [0.15, 0.2) is 0 Å². The lowest BCUT2D eigenvalue weighted by Crippen LogP contribution is -2.77. The van der Waals surface area contributed by atoms with Gasteiger partial charge in [0.05, 0.1) is 0 Å². The summed E-state index contributed by atoms with van der Waals surface area (Å²) in [6, 6.07) is 0. The van der Waals surface area contributed by atoms with Crippen molar-refractivity contribution in [2.75, 3.05) is 0 Å². The van der Waals surface area contributed by atoms with Crippen LogP contribution in [0.3, 0.4) is 0 Å². The van der Waals surface area contributed by atoms with Crippen LogP contribution in [-0.4, -0.2) is 17.5 Å². The molecule has 0 radical (unpaired) electrons. The van der Waals surface area contributed by atoms with Crippen LogP contribution in [0.5, 0.6) is 0 Å². The largest absolute Gasteiger partial charge is 0.427 e. The number of hydrogen-bond donors (Lipinski definition) is 4. The van der Waals surface area contributed by atoms with Crippen LogP contribution >= 0.6 is 0 Å². The second kappa shape index (κ2) is 1.97. The van der Waals surface area contributed by atoms with Crippen molar-refractivity contribution in [3.05, 3.63) is 0 Å². The second-order valence-corrected chi connectivity index (χ2v) is 3.68. The molecule has 1 saturated heterocycles. The van der Waals surface area contributed by atoms with E-state index in [1.807, 2.05) is 0 Å². The van der Waals surface area contributed by atoms with E-state index in [1.165, 1.54) is 13.8 Å². The maximum atomic E-state index is 11.2. The first kappa shape index (κ1) is 9.40. The van der Waals surface area contributed by atoms with Crippen molar-refractivity contribution >= 4 is 5.97 Å². The number of ether oxygens (including phenoxy) is 1. The van der Waals surface area contributed by atoms with Crippen molar-refractivity contribution in [2.45, 2.75) is 25.4 Å². The van der Waals surface area contributed by atoms with Gasteiger partial charge in [-0.3, -0.25) is 16.3 Å². The fourth-order valence-corrected chi connectivity index (χ4v) is 1.02. The average Bonchev–Trinajstić information content (AvgIpc) is 1.92. The highest BCUT2D eigenvalue weighted by Crippen LogP contribution is 2.38. The zero-order valence-electron chi connectivity index (χ0n) is 7.13. The molecule has 70 valence electrons. The minimum Gasteiger partial charge on any atom is -0.427 e. The Morgan fingerprint density at radius 2 is 1.58 bits per heavy atom. The number of hydrogen-bond acceptors (Lipinski definition) is 6. The minimum absolute atomic E-state index is 0.586. The molecule has 6 heteroatoms. The Morgan fingerprint density at radius 3 is 1.67 bits per heavy atom. The van der Waals surface area contributed by atoms with Crippen LogP contribution in [0.4, 0.5) is 0 Å². The van der Waals surface area contributed by atoms with E-state index in [0.717, 1.165) is 0 Å². The van der Waals surface area contributed by atoms with Gasteiger partial charge in [0, 0.05) is 0 Å². The van der Waals surface area contributed by atoms with E-state index in [1.54, 1.807) is 0 Å². The zero-order valence-corrected chi connectivity index (χ0v) is 7.13. The number of carbonyl (C=O) groups excluding carboxylic acids is 1. The van der Waals surface area contributed by atoms with Gasteiger partial charge in [0.25, 0.3) is 0 Å². The predicted molar refractivity (Wildman–Crippen MR) is 42.1 cm³/mol. The Hall–Kier alpha value is -0.690. The number of cyclic esters (lactones) is 1. The van der Waals surface area contributed by atoms with Gasteiger partial charge in [-0.25, -0.2) is 0 Å². The molecule has 0 aromatic rings. The van der Waals surface area contributed by atoms with Gasteiger partial charge in [0.15, 0.2) is 0 Å². The molecule has 1 aliphatic rings. The third-order valence-corrected chi connectivity index (χ3v) is 2.45. The van der Waals surface area contributed by atoms with Crippen LogP contribution in [0.25, 0.3) is 0 Å². The third-order valence-electron chi connectivity index (χ3n) is 2.45. The smallest absolute Gasteiger partial charge is 0.317 e. The normalized spacial score (nSPS) is 30.0. The first-order valence-electron chi connectivity index (χ1n) is 3.52. The van der Waals surface area contributed by atoms with Crippen LogP contribution in [0.2, 0.25) is 0 Å². The highest BCUT2D eigenvalue weighted by molar-refractivity contribution is 5.81. The van der Waals surface area contributed by atoms with E-state index in [-0.39, 0.29) is 0 Å². The zero-order chi connectivity index (χ0) is 9.78. The van der Waals surface area contributed by atoms with E-state index in [0.29, 0.717) is 0 Å². The molecule has 6 nitrogen and oxygen atoms in total. The lowest BCUT2D eigenvalue weighted by atomic mass is 9.79. The Balaban J connectivity index is 3.19. The highest BCUT2D eigenvalue weighted by Gasteiger charge is 2.65. The van der Waals surface area contributed by atoms with Crippen molar-refractivity contribution in [1.29, 1.82) is 0 Å². The van der Waals surface area contributed by atoms with Gasteiger partial charge in [0.2, 0.25) is 5.85 Å². The molecule has 0 bridgehead atoms. The highest BCUT2D eigenvalue weighted by atomic mass is 16.6. The van der Waals surface area contributed by atoms with Crippen LogP contribution < -0.4 is 22.9 Å². The van der Waals surface area contributed by atoms with E-state index in [9.17, 15) is 4.79 Å². The van der Waals surface area contributed by atoms with Crippen LogP contribution in [-0.2, 0) is 9.53 Å². The molecule has 12 heavy (non-hydrogen) atoms. The van der Waals surface area contributed by atoms with Gasteiger partial charge in [-0.1, -0.05) is 0 Å². The summed E-state index contributed by atoms with van der Waals surface area (Å²) in [5.41, 5.74) is 19.4.